The van der Waals surface area contributed by atoms with Gasteiger partial charge in [0.15, 0.2) is 0 Å². The van der Waals surface area contributed by atoms with Crippen LogP contribution in [0.4, 0.5) is 4.39 Å². The quantitative estimate of drug-likeness (QED) is 0.749. The van der Waals surface area contributed by atoms with E-state index < -0.39 is 5.82 Å². The first-order valence-electron chi connectivity index (χ1n) is 4.14. The van der Waals surface area contributed by atoms with Gasteiger partial charge in [-0.3, -0.25) is 4.68 Å². The highest BCUT2D eigenvalue weighted by Gasteiger charge is 2.06. The molecule has 1 N–H and O–H groups in total. The fourth-order valence-electron chi connectivity index (χ4n) is 1.30. The SMILES string of the molecule is Cn1cc(-c2ccc(O)cc2F)cn1. The van der Waals surface area contributed by atoms with Crippen molar-refractivity contribution in [1.29, 1.82) is 0 Å². The van der Waals surface area contributed by atoms with Crippen molar-refractivity contribution in [2.45, 2.75) is 0 Å². The summed E-state index contributed by atoms with van der Waals surface area (Å²) in [4.78, 5) is 0. The number of phenolic OH excluding ortho intramolecular Hbond substituents is 1. The van der Waals surface area contributed by atoms with Crippen molar-refractivity contribution >= 4 is 0 Å². The van der Waals surface area contributed by atoms with Crippen LogP contribution in [0.15, 0.2) is 30.6 Å². The summed E-state index contributed by atoms with van der Waals surface area (Å²) >= 11 is 0. The summed E-state index contributed by atoms with van der Waals surface area (Å²) in [5, 5.41) is 13.0. The number of aryl methyl sites for hydroxylation is 1. The van der Waals surface area contributed by atoms with E-state index in [4.69, 9.17) is 5.11 Å². The Morgan fingerprint density at radius 1 is 1.43 bits per heavy atom. The Morgan fingerprint density at radius 3 is 2.79 bits per heavy atom. The van der Waals surface area contributed by atoms with E-state index in [0.29, 0.717) is 11.1 Å². The van der Waals surface area contributed by atoms with E-state index in [1.807, 2.05) is 0 Å². The van der Waals surface area contributed by atoms with Crippen LogP contribution in [0.25, 0.3) is 11.1 Å². The maximum atomic E-state index is 13.3. The number of halogens is 1. The molecule has 72 valence electrons. The zero-order valence-corrected chi connectivity index (χ0v) is 7.61. The fraction of sp³-hybridized carbons (Fsp3) is 0.100. The molecule has 0 bridgehead atoms. The van der Waals surface area contributed by atoms with Crippen LogP contribution >= 0.6 is 0 Å². The molecule has 1 aromatic heterocycles. The Labute approximate surface area is 80.4 Å². The van der Waals surface area contributed by atoms with Crippen molar-refractivity contribution in [1.82, 2.24) is 9.78 Å². The topological polar surface area (TPSA) is 38.0 Å². The van der Waals surface area contributed by atoms with Gasteiger partial charge in [0.25, 0.3) is 0 Å². The van der Waals surface area contributed by atoms with Crippen LogP contribution in [-0.4, -0.2) is 14.9 Å². The molecule has 4 heteroatoms. The van der Waals surface area contributed by atoms with Crippen LogP contribution in [0, 0.1) is 5.82 Å². The van der Waals surface area contributed by atoms with Gasteiger partial charge < -0.3 is 5.11 Å². The van der Waals surface area contributed by atoms with Gasteiger partial charge in [-0.25, -0.2) is 4.39 Å². The molecule has 0 saturated heterocycles. The molecule has 0 aliphatic heterocycles. The predicted molar refractivity (Wildman–Crippen MR) is 50.3 cm³/mol. The first-order chi connectivity index (χ1) is 6.66. The van der Waals surface area contributed by atoms with Crippen LogP contribution in [0.1, 0.15) is 0 Å². The van der Waals surface area contributed by atoms with Crippen molar-refractivity contribution in [3.05, 3.63) is 36.4 Å². The van der Waals surface area contributed by atoms with Gasteiger partial charge in [0.05, 0.1) is 6.20 Å². The second-order valence-electron chi connectivity index (χ2n) is 3.07. The number of nitrogens with zero attached hydrogens (tertiary/aromatic N) is 2. The normalized spacial score (nSPS) is 10.4. The lowest BCUT2D eigenvalue weighted by atomic mass is 10.1. The molecule has 0 saturated carbocycles. The average molecular weight is 192 g/mol. The van der Waals surface area contributed by atoms with Gasteiger partial charge >= 0.3 is 0 Å². The van der Waals surface area contributed by atoms with Crippen LogP contribution < -0.4 is 0 Å². The molecule has 0 spiro atoms. The molecule has 0 unspecified atom stereocenters. The Hall–Kier alpha value is -1.84. The molecular formula is C10H9FN2O. The van der Waals surface area contributed by atoms with Crippen LogP contribution in [-0.2, 0) is 7.05 Å². The third-order valence-electron chi connectivity index (χ3n) is 1.97. The first kappa shape index (κ1) is 8.74. The summed E-state index contributed by atoms with van der Waals surface area (Å²) in [6.07, 6.45) is 3.30. The molecule has 1 heterocycles. The molecule has 0 fully saturated rings. The summed E-state index contributed by atoms with van der Waals surface area (Å²) in [5.41, 5.74) is 1.14. The van der Waals surface area contributed by atoms with Crippen LogP contribution in [0.5, 0.6) is 5.75 Å². The van der Waals surface area contributed by atoms with Crippen LogP contribution in [0.3, 0.4) is 0 Å². The first-order valence-corrected chi connectivity index (χ1v) is 4.14. The number of hydrogen-bond acceptors (Lipinski definition) is 2. The van der Waals surface area contributed by atoms with Gasteiger partial charge in [0.2, 0.25) is 0 Å². The van der Waals surface area contributed by atoms with Crippen LogP contribution in [0.2, 0.25) is 0 Å². The summed E-state index contributed by atoms with van der Waals surface area (Å²) < 4.78 is 14.9. The third kappa shape index (κ3) is 1.46. The second kappa shape index (κ2) is 3.14. The van der Waals surface area contributed by atoms with Gasteiger partial charge in [-0.1, -0.05) is 0 Å². The number of hydrogen-bond donors (Lipinski definition) is 1. The molecule has 0 aliphatic rings. The minimum Gasteiger partial charge on any atom is -0.508 e. The third-order valence-corrected chi connectivity index (χ3v) is 1.97. The van der Waals surface area contributed by atoms with Gasteiger partial charge in [0.1, 0.15) is 11.6 Å². The number of phenols is 1. The Kier molecular flexibility index (Phi) is 1.96. The van der Waals surface area contributed by atoms with E-state index >= 15 is 0 Å². The number of rotatable bonds is 1. The van der Waals surface area contributed by atoms with Crippen molar-refractivity contribution < 1.29 is 9.50 Å². The highest BCUT2D eigenvalue weighted by molar-refractivity contribution is 5.63. The number of aromatic nitrogens is 2. The molecule has 0 aliphatic carbocycles. The van der Waals surface area contributed by atoms with E-state index in [-0.39, 0.29) is 5.75 Å². The molecule has 2 aromatic rings. The predicted octanol–water partition coefficient (Wildman–Crippen LogP) is 1.93. The van der Waals surface area contributed by atoms with E-state index in [9.17, 15) is 4.39 Å². The van der Waals surface area contributed by atoms with Crippen molar-refractivity contribution in [2.24, 2.45) is 7.05 Å². The maximum Gasteiger partial charge on any atom is 0.134 e. The summed E-state index contributed by atoms with van der Waals surface area (Å²) in [6.45, 7) is 0. The Morgan fingerprint density at radius 2 is 2.21 bits per heavy atom. The highest BCUT2D eigenvalue weighted by atomic mass is 19.1. The minimum absolute atomic E-state index is 0.0739. The summed E-state index contributed by atoms with van der Waals surface area (Å²) in [5.74, 6) is -0.520. The average Bonchev–Trinajstić information content (AvgIpc) is 2.51. The molecular weight excluding hydrogens is 183 g/mol. The lowest BCUT2D eigenvalue weighted by Gasteiger charge is -1.99. The van der Waals surface area contributed by atoms with E-state index in [2.05, 4.69) is 5.10 Å². The van der Waals surface area contributed by atoms with E-state index in [1.165, 1.54) is 12.1 Å². The number of aromatic hydroxyl groups is 1. The lowest BCUT2D eigenvalue weighted by Crippen LogP contribution is -1.85. The fourth-order valence-corrected chi connectivity index (χ4v) is 1.30. The number of benzene rings is 1. The molecule has 14 heavy (non-hydrogen) atoms. The second-order valence-corrected chi connectivity index (χ2v) is 3.07. The molecule has 0 amide bonds. The van der Waals surface area contributed by atoms with Crippen molar-refractivity contribution in [3.8, 4) is 16.9 Å². The lowest BCUT2D eigenvalue weighted by molar-refractivity contribution is 0.469. The Balaban J connectivity index is 2.52. The largest absolute Gasteiger partial charge is 0.508 e. The molecule has 2 rings (SSSR count). The van der Waals surface area contributed by atoms with Gasteiger partial charge in [-0.05, 0) is 12.1 Å². The van der Waals surface area contributed by atoms with E-state index in [1.54, 1.807) is 24.1 Å². The molecule has 3 nitrogen and oxygen atoms in total. The monoisotopic (exact) mass is 192 g/mol. The molecule has 1 aromatic carbocycles. The molecule has 0 radical (unpaired) electrons. The van der Waals surface area contributed by atoms with Crippen molar-refractivity contribution in [3.63, 3.8) is 0 Å². The van der Waals surface area contributed by atoms with Gasteiger partial charge in [-0.2, -0.15) is 5.10 Å². The highest BCUT2D eigenvalue weighted by Crippen LogP contribution is 2.24. The zero-order valence-electron chi connectivity index (χ0n) is 7.61. The Bertz CT molecular complexity index is 465. The molecule has 0 atom stereocenters. The summed E-state index contributed by atoms with van der Waals surface area (Å²) in [7, 11) is 1.77. The van der Waals surface area contributed by atoms with E-state index in [0.717, 1.165) is 6.07 Å². The summed E-state index contributed by atoms with van der Waals surface area (Å²) in [6, 6.07) is 4.06. The smallest absolute Gasteiger partial charge is 0.134 e. The van der Waals surface area contributed by atoms with Gasteiger partial charge in [0, 0.05) is 30.4 Å². The van der Waals surface area contributed by atoms with Gasteiger partial charge in [-0.15, -0.1) is 0 Å². The standard InChI is InChI=1S/C10H9FN2O/c1-13-6-7(5-12-13)9-3-2-8(14)4-10(9)11/h2-6,14H,1H3. The van der Waals surface area contributed by atoms with Crippen molar-refractivity contribution in [2.75, 3.05) is 0 Å². The maximum absolute atomic E-state index is 13.3. The zero-order chi connectivity index (χ0) is 10.1. The minimum atomic E-state index is -0.446.